The highest BCUT2D eigenvalue weighted by Crippen LogP contribution is 2.37. The molecule has 6 heteroatoms. The molecule has 2 atom stereocenters. The molecule has 2 N–H and O–H groups in total. The molecule has 1 aliphatic heterocycles. The summed E-state index contributed by atoms with van der Waals surface area (Å²) >= 11 is 1.59. The van der Waals surface area contributed by atoms with Crippen molar-refractivity contribution in [2.75, 3.05) is 19.0 Å². The molecule has 0 saturated carbocycles. The number of carbonyl (C=O) groups is 1. The monoisotopic (exact) mass is 325 g/mol. The third kappa shape index (κ3) is 4.30. The predicted molar refractivity (Wildman–Crippen MR) is 87.7 cm³/mol. The first-order valence-corrected chi connectivity index (χ1v) is 8.56. The van der Waals surface area contributed by atoms with Gasteiger partial charge in [-0.1, -0.05) is 19.9 Å². The fraction of sp³-hybridized carbons (Fsp3) is 0.562. The van der Waals surface area contributed by atoms with Crippen molar-refractivity contribution in [3.63, 3.8) is 0 Å². The van der Waals surface area contributed by atoms with Gasteiger partial charge >= 0.3 is 5.97 Å². The van der Waals surface area contributed by atoms with Gasteiger partial charge in [-0.05, 0) is 30.5 Å². The Hall–Kier alpha value is -1.40. The average Bonchev–Trinajstić information content (AvgIpc) is 2.96. The van der Waals surface area contributed by atoms with Crippen LogP contribution >= 0.6 is 11.8 Å². The second kappa shape index (κ2) is 7.74. The molecule has 1 aliphatic rings. The van der Waals surface area contributed by atoms with Crippen molar-refractivity contribution < 1.29 is 19.4 Å². The number of thioether (sulfide) groups is 1. The Labute approximate surface area is 135 Å². The largest absolute Gasteiger partial charge is 0.490 e. The smallest absolute Gasteiger partial charge is 0.321 e. The summed E-state index contributed by atoms with van der Waals surface area (Å²) in [7, 11) is 0. The minimum absolute atomic E-state index is 0.0283. The van der Waals surface area contributed by atoms with Crippen molar-refractivity contribution in [3.05, 3.63) is 23.8 Å². The first-order chi connectivity index (χ1) is 10.5. The fourth-order valence-corrected chi connectivity index (χ4v) is 3.36. The number of rotatable bonds is 7. The van der Waals surface area contributed by atoms with E-state index in [0.29, 0.717) is 30.6 Å². The van der Waals surface area contributed by atoms with Crippen LogP contribution in [0.2, 0.25) is 0 Å². The maximum Gasteiger partial charge on any atom is 0.321 e. The van der Waals surface area contributed by atoms with Crippen LogP contribution in [0.5, 0.6) is 11.5 Å². The third-order valence-corrected chi connectivity index (χ3v) is 4.49. The number of carboxylic acids is 1. The zero-order valence-corrected chi connectivity index (χ0v) is 14.0. The molecule has 1 heterocycles. The van der Waals surface area contributed by atoms with E-state index in [2.05, 4.69) is 19.2 Å². The number of aliphatic carboxylic acids is 1. The maximum absolute atomic E-state index is 11.0. The van der Waals surface area contributed by atoms with E-state index >= 15 is 0 Å². The summed E-state index contributed by atoms with van der Waals surface area (Å²) < 4.78 is 11.4. The molecule has 22 heavy (non-hydrogen) atoms. The maximum atomic E-state index is 11.0. The van der Waals surface area contributed by atoms with Crippen molar-refractivity contribution in [2.24, 2.45) is 5.92 Å². The highest BCUT2D eigenvalue weighted by Gasteiger charge is 2.30. The van der Waals surface area contributed by atoms with E-state index in [-0.39, 0.29) is 5.37 Å². The van der Waals surface area contributed by atoms with Crippen LogP contribution in [0.25, 0.3) is 0 Å². The molecule has 1 fully saturated rings. The number of hydrogen-bond acceptors (Lipinski definition) is 5. The number of ether oxygens (including phenoxy) is 2. The molecular formula is C16H23NO4S. The molecule has 0 spiro atoms. The number of carboxylic acid groups (broad SMARTS) is 1. The van der Waals surface area contributed by atoms with Crippen molar-refractivity contribution in [1.29, 1.82) is 0 Å². The van der Waals surface area contributed by atoms with Gasteiger partial charge in [-0.25, -0.2) is 0 Å². The number of benzene rings is 1. The highest BCUT2D eigenvalue weighted by atomic mass is 32.2. The normalized spacial score (nSPS) is 21.1. The van der Waals surface area contributed by atoms with Crippen molar-refractivity contribution in [3.8, 4) is 11.5 Å². The Balaban J connectivity index is 2.13. The highest BCUT2D eigenvalue weighted by molar-refractivity contribution is 7.99. The lowest BCUT2D eigenvalue weighted by Crippen LogP contribution is -2.33. The van der Waals surface area contributed by atoms with E-state index < -0.39 is 12.0 Å². The second-order valence-corrected chi connectivity index (χ2v) is 6.75. The number of hydrogen-bond donors (Lipinski definition) is 2. The van der Waals surface area contributed by atoms with Crippen molar-refractivity contribution in [1.82, 2.24) is 5.32 Å². The van der Waals surface area contributed by atoms with Crippen LogP contribution in [0.15, 0.2) is 18.2 Å². The minimum atomic E-state index is -0.808. The predicted octanol–water partition coefficient (Wildman–Crippen LogP) is 2.91. The van der Waals surface area contributed by atoms with Crippen LogP contribution in [0.3, 0.4) is 0 Å². The molecule has 0 aromatic heterocycles. The van der Waals surface area contributed by atoms with Gasteiger partial charge in [0, 0.05) is 5.75 Å². The quantitative estimate of drug-likeness (QED) is 0.803. The topological polar surface area (TPSA) is 67.8 Å². The molecular weight excluding hydrogens is 302 g/mol. The van der Waals surface area contributed by atoms with Gasteiger partial charge in [0.15, 0.2) is 11.5 Å². The van der Waals surface area contributed by atoms with Gasteiger partial charge in [0.25, 0.3) is 0 Å². The standard InChI is InChI=1S/C16H23NO4S/c1-4-20-14-7-11(5-6-13(14)21-8-10(2)3)15-17-12(9-22-15)16(18)19/h5-7,10,12,15,17H,4,8-9H2,1-3H3,(H,18,19)/t12-,15-/m0/s1. The molecule has 1 saturated heterocycles. The Morgan fingerprint density at radius 2 is 2.18 bits per heavy atom. The summed E-state index contributed by atoms with van der Waals surface area (Å²) in [5.41, 5.74) is 1.01. The molecule has 1 aromatic rings. The van der Waals surface area contributed by atoms with Crippen LogP contribution in [0, 0.1) is 5.92 Å². The summed E-state index contributed by atoms with van der Waals surface area (Å²) in [6, 6.07) is 5.31. The van der Waals surface area contributed by atoms with E-state index in [9.17, 15) is 4.79 Å². The van der Waals surface area contributed by atoms with E-state index in [1.54, 1.807) is 11.8 Å². The summed E-state index contributed by atoms with van der Waals surface area (Å²) in [6.07, 6.45) is 0. The van der Waals surface area contributed by atoms with Gasteiger partial charge in [-0.2, -0.15) is 0 Å². The Bertz CT molecular complexity index is 521. The van der Waals surface area contributed by atoms with E-state index in [1.165, 1.54) is 0 Å². The molecule has 0 radical (unpaired) electrons. The van der Waals surface area contributed by atoms with Crippen LogP contribution in [-0.4, -0.2) is 36.1 Å². The zero-order chi connectivity index (χ0) is 16.1. The lowest BCUT2D eigenvalue weighted by atomic mass is 10.2. The van der Waals surface area contributed by atoms with E-state index in [1.807, 2.05) is 25.1 Å². The van der Waals surface area contributed by atoms with Gasteiger partial charge in [0.1, 0.15) is 6.04 Å². The van der Waals surface area contributed by atoms with Crippen molar-refractivity contribution in [2.45, 2.75) is 32.2 Å². The first kappa shape index (κ1) is 17.0. The van der Waals surface area contributed by atoms with Crippen molar-refractivity contribution >= 4 is 17.7 Å². The summed E-state index contributed by atoms with van der Waals surface area (Å²) in [5, 5.41) is 12.1. The van der Waals surface area contributed by atoms with Crippen LogP contribution in [0.4, 0.5) is 0 Å². The lowest BCUT2D eigenvalue weighted by molar-refractivity contribution is -0.138. The Morgan fingerprint density at radius 3 is 2.77 bits per heavy atom. The first-order valence-electron chi connectivity index (χ1n) is 7.51. The average molecular weight is 325 g/mol. The molecule has 2 rings (SSSR count). The van der Waals surface area contributed by atoms with Crippen LogP contribution in [0.1, 0.15) is 31.7 Å². The van der Waals surface area contributed by atoms with Crippen LogP contribution in [-0.2, 0) is 4.79 Å². The Morgan fingerprint density at radius 1 is 1.41 bits per heavy atom. The molecule has 0 amide bonds. The molecule has 5 nitrogen and oxygen atoms in total. The molecule has 122 valence electrons. The summed E-state index contributed by atoms with van der Waals surface area (Å²) in [5.74, 6) is 1.64. The van der Waals surface area contributed by atoms with Gasteiger partial charge < -0.3 is 14.6 Å². The molecule has 0 unspecified atom stereocenters. The molecule has 0 aliphatic carbocycles. The third-order valence-electron chi connectivity index (χ3n) is 3.22. The summed E-state index contributed by atoms with van der Waals surface area (Å²) in [4.78, 5) is 11.0. The zero-order valence-electron chi connectivity index (χ0n) is 13.2. The lowest BCUT2D eigenvalue weighted by Gasteiger charge is -2.17. The second-order valence-electron chi connectivity index (χ2n) is 5.61. The minimum Gasteiger partial charge on any atom is -0.490 e. The Kier molecular flexibility index (Phi) is 5.97. The fourth-order valence-electron chi connectivity index (χ4n) is 2.14. The molecule has 1 aromatic carbocycles. The van der Waals surface area contributed by atoms with Gasteiger partial charge in [-0.15, -0.1) is 11.8 Å². The summed E-state index contributed by atoms with van der Waals surface area (Å²) in [6.45, 7) is 7.32. The van der Waals surface area contributed by atoms with Gasteiger partial charge in [0.05, 0.1) is 18.6 Å². The van der Waals surface area contributed by atoms with E-state index in [4.69, 9.17) is 14.6 Å². The van der Waals surface area contributed by atoms with E-state index in [0.717, 1.165) is 11.3 Å². The number of nitrogens with one attached hydrogen (secondary N) is 1. The SMILES string of the molecule is CCOc1cc([C@H]2N[C@H](C(=O)O)CS2)ccc1OCC(C)C. The van der Waals surface area contributed by atoms with Crippen LogP contribution < -0.4 is 14.8 Å². The molecule has 0 bridgehead atoms. The van der Waals surface area contributed by atoms with Gasteiger partial charge in [-0.3, -0.25) is 10.1 Å². The van der Waals surface area contributed by atoms with Gasteiger partial charge in [0.2, 0.25) is 0 Å².